The first-order valence-corrected chi connectivity index (χ1v) is 8.67. The van der Waals surface area contributed by atoms with Crippen LogP contribution in [0.25, 0.3) is 0 Å². The minimum Gasteiger partial charge on any atom is -0.336 e. The van der Waals surface area contributed by atoms with E-state index in [-0.39, 0.29) is 17.0 Å². The normalized spacial score (nSPS) is 11.0. The lowest BCUT2D eigenvalue weighted by atomic mass is 10.1. The van der Waals surface area contributed by atoms with Gasteiger partial charge in [0.25, 0.3) is 11.5 Å². The van der Waals surface area contributed by atoms with Gasteiger partial charge in [-0.2, -0.15) is 0 Å². The Labute approximate surface area is 140 Å². The van der Waals surface area contributed by atoms with Crippen LogP contribution >= 0.6 is 11.3 Å². The monoisotopic (exact) mass is 333 g/mol. The Balaban J connectivity index is 2.24. The van der Waals surface area contributed by atoms with Crippen molar-refractivity contribution in [2.75, 3.05) is 7.05 Å². The summed E-state index contributed by atoms with van der Waals surface area (Å²) in [5.41, 5.74) is 3.33. The lowest BCUT2D eigenvalue weighted by Gasteiger charge is -2.18. The molecule has 0 atom stereocenters. The number of amides is 1. The largest absolute Gasteiger partial charge is 0.336 e. The van der Waals surface area contributed by atoms with Crippen molar-refractivity contribution < 1.29 is 4.79 Å². The first-order valence-electron chi connectivity index (χ1n) is 7.72. The number of aryl methyl sites for hydroxylation is 2. The van der Waals surface area contributed by atoms with Gasteiger partial charge < -0.3 is 9.47 Å². The molecule has 0 spiro atoms. The third-order valence-corrected chi connectivity index (χ3v) is 4.40. The number of carbonyl (C=O) groups excluding carboxylic acids is 1. The van der Waals surface area contributed by atoms with E-state index in [0.29, 0.717) is 24.6 Å². The Morgan fingerprint density at radius 1 is 1.43 bits per heavy atom. The summed E-state index contributed by atoms with van der Waals surface area (Å²) in [6.07, 6.45) is 2.68. The van der Waals surface area contributed by atoms with Crippen LogP contribution in [0.4, 0.5) is 0 Å². The van der Waals surface area contributed by atoms with E-state index < -0.39 is 0 Å². The van der Waals surface area contributed by atoms with E-state index in [9.17, 15) is 9.59 Å². The van der Waals surface area contributed by atoms with E-state index in [4.69, 9.17) is 0 Å². The zero-order chi connectivity index (χ0) is 17.0. The maximum atomic E-state index is 12.7. The van der Waals surface area contributed by atoms with Gasteiger partial charge in [0.15, 0.2) is 0 Å². The van der Waals surface area contributed by atoms with E-state index in [0.717, 1.165) is 12.1 Å². The van der Waals surface area contributed by atoms with E-state index in [1.807, 2.05) is 11.4 Å². The molecule has 23 heavy (non-hydrogen) atoms. The SMILES string of the molecule is Cc1ccn(CCC(C)C)c(=O)c1C(=O)N(C)Cc1cscn1. The highest BCUT2D eigenvalue weighted by molar-refractivity contribution is 7.07. The van der Waals surface area contributed by atoms with Gasteiger partial charge in [-0.1, -0.05) is 13.8 Å². The predicted octanol–water partition coefficient (Wildman–Crippen LogP) is 2.93. The molecule has 2 rings (SSSR count). The first kappa shape index (κ1) is 17.4. The van der Waals surface area contributed by atoms with Crippen LogP contribution in [-0.4, -0.2) is 27.4 Å². The van der Waals surface area contributed by atoms with E-state index >= 15 is 0 Å². The van der Waals surface area contributed by atoms with Gasteiger partial charge in [-0.25, -0.2) is 4.98 Å². The number of hydrogen-bond donors (Lipinski definition) is 0. The molecule has 0 N–H and O–H groups in total. The minimum absolute atomic E-state index is 0.208. The molecule has 124 valence electrons. The molecule has 0 radical (unpaired) electrons. The van der Waals surface area contributed by atoms with Crippen LogP contribution in [0.5, 0.6) is 0 Å². The van der Waals surface area contributed by atoms with Crippen molar-refractivity contribution in [2.45, 2.75) is 40.3 Å². The molecule has 0 aliphatic rings. The highest BCUT2D eigenvalue weighted by atomic mass is 32.1. The van der Waals surface area contributed by atoms with Crippen molar-refractivity contribution in [3.8, 4) is 0 Å². The molecule has 0 saturated heterocycles. The topological polar surface area (TPSA) is 55.2 Å². The molecule has 0 bridgehead atoms. The number of hydrogen-bond acceptors (Lipinski definition) is 4. The molecule has 2 aromatic rings. The molecule has 0 aromatic carbocycles. The Morgan fingerprint density at radius 2 is 2.17 bits per heavy atom. The molecule has 0 aliphatic carbocycles. The van der Waals surface area contributed by atoms with Crippen molar-refractivity contribution in [3.63, 3.8) is 0 Å². The van der Waals surface area contributed by atoms with Gasteiger partial charge >= 0.3 is 0 Å². The first-order chi connectivity index (χ1) is 10.9. The molecular formula is C17H23N3O2S. The van der Waals surface area contributed by atoms with Crippen molar-refractivity contribution in [1.82, 2.24) is 14.5 Å². The van der Waals surface area contributed by atoms with Gasteiger partial charge in [-0.05, 0) is 30.9 Å². The summed E-state index contributed by atoms with van der Waals surface area (Å²) in [4.78, 5) is 31.1. The van der Waals surface area contributed by atoms with Crippen LogP contribution in [0.2, 0.25) is 0 Å². The molecule has 0 saturated carbocycles. The molecule has 0 unspecified atom stereocenters. The summed E-state index contributed by atoms with van der Waals surface area (Å²) < 4.78 is 1.64. The molecule has 0 fully saturated rings. The summed E-state index contributed by atoms with van der Waals surface area (Å²) in [6.45, 7) is 7.08. The Bertz CT molecular complexity index is 720. The fraction of sp³-hybridized carbons (Fsp3) is 0.471. The molecule has 0 aliphatic heterocycles. The minimum atomic E-state index is -0.251. The second-order valence-electron chi connectivity index (χ2n) is 6.20. The van der Waals surface area contributed by atoms with Crippen LogP contribution in [-0.2, 0) is 13.1 Å². The maximum Gasteiger partial charge on any atom is 0.263 e. The standard InChI is InChI=1S/C17H23N3O2S/c1-12(2)5-7-20-8-6-13(3)15(17(20)22)16(21)19(4)9-14-10-23-11-18-14/h6,8,10-12H,5,7,9H2,1-4H3. The van der Waals surface area contributed by atoms with Crippen LogP contribution < -0.4 is 5.56 Å². The third kappa shape index (κ3) is 4.28. The molecule has 5 nitrogen and oxygen atoms in total. The van der Waals surface area contributed by atoms with Crippen LogP contribution in [0.1, 0.15) is 41.9 Å². The van der Waals surface area contributed by atoms with Gasteiger partial charge in [0.2, 0.25) is 0 Å². The third-order valence-electron chi connectivity index (χ3n) is 3.76. The Kier molecular flexibility index (Phi) is 5.71. The average molecular weight is 333 g/mol. The van der Waals surface area contributed by atoms with E-state index in [1.165, 1.54) is 11.3 Å². The lowest BCUT2D eigenvalue weighted by Crippen LogP contribution is -2.35. The number of carbonyl (C=O) groups is 1. The van der Waals surface area contributed by atoms with Gasteiger partial charge in [0.05, 0.1) is 17.7 Å². The summed E-state index contributed by atoms with van der Waals surface area (Å²) in [7, 11) is 1.70. The Morgan fingerprint density at radius 3 is 2.78 bits per heavy atom. The Hall–Kier alpha value is -1.95. The van der Waals surface area contributed by atoms with Gasteiger partial charge in [-0.3, -0.25) is 9.59 Å². The van der Waals surface area contributed by atoms with Crippen LogP contribution in [0.15, 0.2) is 27.9 Å². The van der Waals surface area contributed by atoms with Crippen molar-refractivity contribution in [3.05, 3.63) is 50.3 Å². The number of rotatable bonds is 6. The van der Waals surface area contributed by atoms with Crippen molar-refractivity contribution >= 4 is 17.2 Å². The second-order valence-corrected chi connectivity index (χ2v) is 6.91. The fourth-order valence-corrected chi connectivity index (χ4v) is 2.87. The second kappa shape index (κ2) is 7.55. The number of pyridine rings is 1. The average Bonchev–Trinajstić information content (AvgIpc) is 2.99. The van der Waals surface area contributed by atoms with Gasteiger partial charge in [0, 0.05) is 25.2 Å². The maximum absolute atomic E-state index is 12.7. The zero-order valence-corrected chi connectivity index (χ0v) is 14.9. The number of thiazole rings is 1. The van der Waals surface area contributed by atoms with Crippen molar-refractivity contribution in [1.29, 1.82) is 0 Å². The van der Waals surface area contributed by atoms with Crippen molar-refractivity contribution in [2.24, 2.45) is 5.92 Å². The molecule has 2 aromatic heterocycles. The summed E-state index contributed by atoms with van der Waals surface area (Å²) >= 11 is 1.49. The smallest absolute Gasteiger partial charge is 0.263 e. The molecule has 1 amide bonds. The number of aromatic nitrogens is 2. The summed E-state index contributed by atoms with van der Waals surface area (Å²) in [5, 5.41) is 1.91. The highest BCUT2D eigenvalue weighted by Crippen LogP contribution is 2.10. The van der Waals surface area contributed by atoms with E-state index in [2.05, 4.69) is 18.8 Å². The predicted molar refractivity (Wildman–Crippen MR) is 92.8 cm³/mol. The number of nitrogens with zero attached hydrogens (tertiary/aromatic N) is 3. The summed E-state index contributed by atoms with van der Waals surface area (Å²) in [5.74, 6) is 0.258. The van der Waals surface area contributed by atoms with Gasteiger partial charge in [0.1, 0.15) is 5.56 Å². The zero-order valence-electron chi connectivity index (χ0n) is 14.1. The fourth-order valence-electron chi connectivity index (χ4n) is 2.32. The quantitative estimate of drug-likeness (QED) is 0.817. The van der Waals surface area contributed by atoms with Gasteiger partial charge in [-0.15, -0.1) is 11.3 Å². The lowest BCUT2D eigenvalue weighted by molar-refractivity contribution is 0.0780. The van der Waals surface area contributed by atoms with Crippen LogP contribution in [0, 0.1) is 12.8 Å². The molecular weight excluding hydrogens is 310 g/mol. The summed E-state index contributed by atoms with van der Waals surface area (Å²) in [6, 6.07) is 1.84. The molecule has 2 heterocycles. The highest BCUT2D eigenvalue weighted by Gasteiger charge is 2.20. The van der Waals surface area contributed by atoms with E-state index in [1.54, 1.807) is 35.1 Å². The van der Waals surface area contributed by atoms with Crippen LogP contribution in [0.3, 0.4) is 0 Å². The molecule has 6 heteroatoms.